The summed E-state index contributed by atoms with van der Waals surface area (Å²) in [5.74, 6) is 0.0171. The van der Waals surface area contributed by atoms with Gasteiger partial charge in [-0.1, -0.05) is 54.6 Å². The Morgan fingerprint density at radius 2 is 1.82 bits per heavy atom. The SMILES string of the molecule is CC(C)(C)N(C(=O)O)C1(c2ccc(-c3nc4c(cc3-c3ccccc3)N(CC#N)C(=O)CO4)cc2)CCC1. The number of nitrogens with zero attached hydrogens (tertiary/aromatic N) is 4. The molecule has 2 amide bonds. The number of benzene rings is 2. The topological polar surface area (TPSA) is 107 Å². The van der Waals surface area contributed by atoms with Crippen LogP contribution in [0.2, 0.25) is 0 Å². The Morgan fingerprint density at radius 1 is 1.13 bits per heavy atom. The molecule has 1 aliphatic heterocycles. The first-order valence-corrected chi connectivity index (χ1v) is 12.7. The Hall–Kier alpha value is -4.38. The zero-order valence-corrected chi connectivity index (χ0v) is 21.8. The average molecular weight is 511 g/mol. The first kappa shape index (κ1) is 25.3. The third-order valence-corrected chi connectivity index (χ3v) is 7.37. The summed E-state index contributed by atoms with van der Waals surface area (Å²) in [6, 6.07) is 21.6. The van der Waals surface area contributed by atoms with Gasteiger partial charge in [0.2, 0.25) is 5.88 Å². The second kappa shape index (κ2) is 9.49. The number of ether oxygens (including phenoxy) is 1. The van der Waals surface area contributed by atoms with E-state index in [0.29, 0.717) is 17.3 Å². The molecular formula is C30H30N4O4. The molecule has 2 heterocycles. The van der Waals surface area contributed by atoms with E-state index in [1.807, 2.05) is 87.5 Å². The van der Waals surface area contributed by atoms with Crippen molar-refractivity contribution in [3.05, 3.63) is 66.2 Å². The van der Waals surface area contributed by atoms with Gasteiger partial charge in [-0.3, -0.25) is 14.6 Å². The highest BCUT2D eigenvalue weighted by Gasteiger charge is 2.50. The van der Waals surface area contributed by atoms with Crippen LogP contribution in [0.3, 0.4) is 0 Å². The Kier molecular flexibility index (Phi) is 6.31. The summed E-state index contributed by atoms with van der Waals surface area (Å²) >= 11 is 0. The first-order valence-electron chi connectivity index (χ1n) is 12.7. The molecule has 0 saturated heterocycles. The quantitative estimate of drug-likeness (QED) is 0.433. The molecule has 0 atom stereocenters. The monoisotopic (exact) mass is 510 g/mol. The van der Waals surface area contributed by atoms with E-state index in [0.717, 1.165) is 41.5 Å². The molecular weight excluding hydrogens is 480 g/mol. The maximum atomic E-state index is 12.5. The largest absolute Gasteiger partial charge is 0.466 e. The predicted octanol–water partition coefficient (Wildman–Crippen LogP) is 5.82. The lowest BCUT2D eigenvalue weighted by Gasteiger charge is -2.54. The van der Waals surface area contributed by atoms with Crippen LogP contribution in [0.5, 0.6) is 5.88 Å². The second-order valence-electron chi connectivity index (χ2n) is 10.8. The molecule has 5 rings (SSSR count). The molecule has 1 N–H and O–H groups in total. The Morgan fingerprint density at radius 3 is 2.37 bits per heavy atom. The minimum Gasteiger partial charge on any atom is -0.466 e. The number of carbonyl (C=O) groups excluding carboxylic acids is 1. The number of rotatable bonds is 5. The summed E-state index contributed by atoms with van der Waals surface area (Å²) in [6.07, 6.45) is 1.61. The van der Waals surface area contributed by atoms with Gasteiger partial charge >= 0.3 is 6.09 Å². The van der Waals surface area contributed by atoms with Gasteiger partial charge in [-0.25, -0.2) is 9.78 Å². The summed E-state index contributed by atoms with van der Waals surface area (Å²) in [6.45, 7) is 5.53. The molecule has 0 bridgehead atoms. The van der Waals surface area contributed by atoms with Crippen LogP contribution in [0.25, 0.3) is 22.4 Å². The molecule has 194 valence electrons. The first-order chi connectivity index (χ1) is 18.2. The van der Waals surface area contributed by atoms with Crippen LogP contribution in [-0.2, 0) is 10.3 Å². The van der Waals surface area contributed by atoms with Crippen molar-refractivity contribution in [3.8, 4) is 34.3 Å². The van der Waals surface area contributed by atoms with Gasteiger partial charge in [-0.05, 0) is 57.2 Å². The van der Waals surface area contributed by atoms with Gasteiger partial charge in [-0.2, -0.15) is 5.26 Å². The van der Waals surface area contributed by atoms with Crippen molar-refractivity contribution >= 4 is 17.7 Å². The maximum absolute atomic E-state index is 12.5. The normalized spacial score (nSPS) is 16.1. The molecule has 38 heavy (non-hydrogen) atoms. The predicted molar refractivity (Wildman–Crippen MR) is 144 cm³/mol. The van der Waals surface area contributed by atoms with Crippen LogP contribution in [0, 0.1) is 11.3 Å². The highest BCUT2D eigenvalue weighted by Crippen LogP contribution is 2.50. The van der Waals surface area contributed by atoms with Gasteiger partial charge in [0.05, 0.1) is 17.3 Å². The summed E-state index contributed by atoms with van der Waals surface area (Å²) in [7, 11) is 0. The van der Waals surface area contributed by atoms with Crippen LogP contribution < -0.4 is 9.64 Å². The van der Waals surface area contributed by atoms with Crippen molar-refractivity contribution in [2.75, 3.05) is 18.1 Å². The lowest BCUT2D eigenvalue weighted by molar-refractivity contribution is -0.121. The third-order valence-electron chi connectivity index (χ3n) is 7.37. The fourth-order valence-electron chi connectivity index (χ4n) is 5.63. The molecule has 0 spiro atoms. The van der Waals surface area contributed by atoms with Gasteiger partial charge in [-0.15, -0.1) is 0 Å². The minimum absolute atomic E-state index is 0.0882. The standard InChI is InChI=1S/C30H30N4O4/c1-29(2,3)34(28(36)37)30(14-7-15-30)22-12-10-21(11-13-22)26-23(20-8-5-4-6-9-20)18-24-27(32-26)38-19-25(35)33(24)17-16-31/h4-6,8-13,18H,7,14-15,17,19H2,1-3H3,(H,36,37). The van der Waals surface area contributed by atoms with Crippen LogP contribution in [0.1, 0.15) is 45.6 Å². The highest BCUT2D eigenvalue weighted by atomic mass is 16.5. The number of fused-ring (bicyclic) bond motifs is 1. The maximum Gasteiger partial charge on any atom is 0.408 e. The zero-order valence-electron chi connectivity index (χ0n) is 21.8. The van der Waals surface area contributed by atoms with E-state index >= 15 is 0 Å². The summed E-state index contributed by atoms with van der Waals surface area (Å²) in [4.78, 5) is 32.6. The number of anilines is 1. The molecule has 1 aromatic heterocycles. The summed E-state index contributed by atoms with van der Waals surface area (Å²) in [5.41, 5.74) is 3.57. The number of amides is 2. The number of aromatic nitrogens is 1. The van der Waals surface area contributed by atoms with Crippen molar-refractivity contribution in [2.24, 2.45) is 0 Å². The van der Waals surface area contributed by atoms with Crippen LogP contribution in [0.15, 0.2) is 60.7 Å². The lowest BCUT2D eigenvalue weighted by atomic mass is 9.69. The average Bonchev–Trinajstić information content (AvgIpc) is 2.87. The fraction of sp³-hybridized carbons (Fsp3) is 0.333. The van der Waals surface area contributed by atoms with Crippen LogP contribution >= 0.6 is 0 Å². The summed E-state index contributed by atoms with van der Waals surface area (Å²) < 4.78 is 5.68. The third kappa shape index (κ3) is 4.24. The molecule has 2 aromatic carbocycles. The van der Waals surface area contributed by atoms with Crippen LogP contribution in [-0.4, -0.2) is 45.7 Å². The molecule has 2 aliphatic rings. The minimum atomic E-state index is -0.919. The van der Waals surface area contributed by atoms with Crippen molar-refractivity contribution in [1.82, 2.24) is 9.88 Å². The number of nitriles is 1. The zero-order chi connectivity index (χ0) is 27.1. The van der Waals surface area contributed by atoms with E-state index < -0.39 is 17.2 Å². The second-order valence-corrected chi connectivity index (χ2v) is 10.8. The van der Waals surface area contributed by atoms with Gasteiger partial charge in [0, 0.05) is 16.7 Å². The molecule has 0 radical (unpaired) electrons. The van der Waals surface area contributed by atoms with Gasteiger partial charge in [0.1, 0.15) is 12.2 Å². The molecule has 0 unspecified atom stereocenters. The Bertz CT molecular complexity index is 1420. The molecule has 1 aliphatic carbocycles. The molecule has 1 saturated carbocycles. The fourth-order valence-corrected chi connectivity index (χ4v) is 5.63. The van der Waals surface area contributed by atoms with E-state index in [9.17, 15) is 20.0 Å². The Labute approximate surface area is 222 Å². The van der Waals surface area contributed by atoms with E-state index in [4.69, 9.17) is 9.72 Å². The van der Waals surface area contributed by atoms with E-state index in [1.54, 1.807) is 4.90 Å². The molecule has 1 fully saturated rings. The lowest BCUT2D eigenvalue weighted by Crippen LogP contribution is -2.60. The van der Waals surface area contributed by atoms with Crippen molar-refractivity contribution in [2.45, 2.75) is 51.1 Å². The van der Waals surface area contributed by atoms with E-state index in [-0.39, 0.29) is 19.1 Å². The van der Waals surface area contributed by atoms with E-state index in [1.165, 1.54) is 4.90 Å². The number of hydrogen-bond donors (Lipinski definition) is 1. The molecule has 8 nitrogen and oxygen atoms in total. The van der Waals surface area contributed by atoms with E-state index in [2.05, 4.69) is 0 Å². The van der Waals surface area contributed by atoms with Crippen molar-refractivity contribution in [3.63, 3.8) is 0 Å². The van der Waals surface area contributed by atoms with Gasteiger partial charge in [0.25, 0.3) is 5.91 Å². The highest BCUT2D eigenvalue weighted by molar-refractivity contribution is 5.99. The van der Waals surface area contributed by atoms with Crippen molar-refractivity contribution in [1.29, 1.82) is 5.26 Å². The number of carbonyl (C=O) groups is 2. The Balaban J connectivity index is 1.61. The van der Waals surface area contributed by atoms with Gasteiger partial charge < -0.3 is 9.84 Å². The molecule has 3 aromatic rings. The number of pyridine rings is 1. The van der Waals surface area contributed by atoms with Gasteiger partial charge in [0.15, 0.2) is 6.61 Å². The van der Waals surface area contributed by atoms with Crippen LogP contribution in [0.4, 0.5) is 10.5 Å². The summed E-state index contributed by atoms with van der Waals surface area (Å²) in [5, 5.41) is 19.4. The van der Waals surface area contributed by atoms with Crippen molar-refractivity contribution < 1.29 is 19.4 Å². The molecule has 8 heteroatoms. The number of carboxylic acid groups (broad SMARTS) is 1. The smallest absolute Gasteiger partial charge is 0.408 e. The number of hydrogen-bond acceptors (Lipinski definition) is 5.